The third-order valence-electron chi connectivity index (χ3n) is 4.62. The number of methoxy groups -OCH3 is 1. The molecule has 31 heavy (non-hydrogen) atoms. The average molecular weight is 453 g/mol. The van der Waals surface area contributed by atoms with Gasteiger partial charge in [0.25, 0.3) is 0 Å². The number of nitrogens with one attached hydrogen (secondary N) is 2. The Hall–Kier alpha value is -2.53. The highest BCUT2D eigenvalue weighted by Gasteiger charge is 2.18. The Bertz CT molecular complexity index is 984. The lowest BCUT2D eigenvalue weighted by molar-refractivity contribution is 0.259. The van der Waals surface area contributed by atoms with Crippen molar-refractivity contribution in [2.24, 2.45) is 5.92 Å². The molecule has 2 heterocycles. The number of aliphatic hydroxyl groups excluding tert-OH is 1. The molecule has 0 aliphatic heterocycles. The van der Waals surface area contributed by atoms with Crippen molar-refractivity contribution in [1.82, 2.24) is 19.9 Å². The maximum atomic E-state index is 11.7. The van der Waals surface area contributed by atoms with Gasteiger partial charge >= 0.3 is 0 Å². The minimum absolute atomic E-state index is 0.0176. The molecule has 2 atom stereocenters. The number of hydrogen-bond donors (Lipinski definition) is 3. The van der Waals surface area contributed by atoms with Crippen LogP contribution in [0.3, 0.4) is 0 Å². The Balaban J connectivity index is 2.33. The number of rotatable bonds is 11. The first-order chi connectivity index (χ1) is 14.5. The molecule has 0 spiro atoms. The molecular formula is C20H32N6O4S. The maximum Gasteiger partial charge on any atom is 0.241 e. The number of nitrogens with zero attached hydrogens (tertiary/aromatic N) is 4. The SMILES string of the molecule is COc1cc(C)c([C@@H](C)Cc2nc(N[C@@H](CO)CC(C)C)nc(NS(C)(=O)=O)n2)cn1. The van der Waals surface area contributed by atoms with Gasteiger partial charge in [-0.25, -0.2) is 13.4 Å². The number of aromatic nitrogens is 4. The van der Waals surface area contributed by atoms with Gasteiger partial charge in [0, 0.05) is 18.7 Å². The number of ether oxygens (including phenoxy) is 1. The quantitative estimate of drug-likeness (QED) is 0.468. The van der Waals surface area contributed by atoms with Gasteiger partial charge in [0.1, 0.15) is 5.82 Å². The largest absolute Gasteiger partial charge is 0.481 e. The standard InChI is InChI=1S/C20H32N6O4S/c1-12(2)7-15(11-27)22-19-23-17(24-20(25-19)26-31(6,28)29)8-13(3)16-10-21-18(30-5)9-14(16)4/h9-10,12-13,15,27H,7-8,11H2,1-6H3,(H2,22,23,24,25,26)/t13-,15+/m0/s1. The van der Waals surface area contributed by atoms with Crippen molar-refractivity contribution < 1.29 is 18.3 Å². The summed E-state index contributed by atoms with van der Waals surface area (Å²) < 4.78 is 30.9. The fourth-order valence-electron chi connectivity index (χ4n) is 3.27. The number of pyridine rings is 1. The molecule has 0 aromatic carbocycles. The Morgan fingerprint density at radius 3 is 2.39 bits per heavy atom. The summed E-state index contributed by atoms with van der Waals surface area (Å²) in [5.74, 6) is 1.49. The van der Waals surface area contributed by atoms with Crippen LogP contribution < -0.4 is 14.8 Å². The normalized spacial score (nSPS) is 13.7. The smallest absolute Gasteiger partial charge is 0.241 e. The topological polar surface area (TPSA) is 139 Å². The highest BCUT2D eigenvalue weighted by atomic mass is 32.2. The summed E-state index contributed by atoms with van der Waals surface area (Å²) in [4.78, 5) is 17.2. The zero-order valence-corrected chi connectivity index (χ0v) is 19.7. The van der Waals surface area contributed by atoms with E-state index in [1.165, 1.54) is 0 Å². The Morgan fingerprint density at radius 1 is 1.16 bits per heavy atom. The second-order valence-corrected chi connectivity index (χ2v) is 9.86. The van der Waals surface area contributed by atoms with Crippen LogP contribution in [0.25, 0.3) is 0 Å². The number of sulfonamides is 1. The minimum atomic E-state index is -3.56. The predicted molar refractivity (Wildman–Crippen MR) is 120 cm³/mol. The molecule has 2 aromatic rings. The van der Waals surface area contributed by atoms with Gasteiger partial charge in [-0.05, 0) is 36.3 Å². The molecular weight excluding hydrogens is 420 g/mol. The Kier molecular flexibility index (Phi) is 8.52. The van der Waals surface area contributed by atoms with E-state index in [1.54, 1.807) is 13.3 Å². The van der Waals surface area contributed by atoms with Crippen LogP contribution in [0.1, 0.15) is 50.1 Å². The zero-order valence-electron chi connectivity index (χ0n) is 18.9. The number of aryl methyl sites for hydroxylation is 1. The van der Waals surface area contributed by atoms with E-state index >= 15 is 0 Å². The first-order valence-electron chi connectivity index (χ1n) is 10.1. The van der Waals surface area contributed by atoms with Crippen molar-refractivity contribution in [2.75, 3.05) is 30.0 Å². The van der Waals surface area contributed by atoms with E-state index in [0.29, 0.717) is 30.5 Å². The van der Waals surface area contributed by atoms with E-state index in [9.17, 15) is 13.5 Å². The summed E-state index contributed by atoms with van der Waals surface area (Å²) in [5.41, 5.74) is 2.04. The third kappa shape index (κ3) is 7.91. The highest BCUT2D eigenvalue weighted by Crippen LogP contribution is 2.25. The van der Waals surface area contributed by atoms with E-state index in [2.05, 4.69) is 30.0 Å². The number of hydrogen-bond acceptors (Lipinski definition) is 9. The molecule has 0 amide bonds. The fraction of sp³-hybridized carbons (Fsp3) is 0.600. The van der Waals surface area contributed by atoms with Gasteiger partial charge in [-0.1, -0.05) is 20.8 Å². The van der Waals surface area contributed by atoms with Crippen molar-refractivity contribution in [3.63, 3.8) is 0 Å². The van der Waals surface area contributed by atoms with Crippen LogP contribution in [0.5, 0.6) is 5.88 Å². The predicted octanol–water partition coefficient (Wildman–Crippen LogP) is 2.12. The fourth-order valence-corrected chi connectivity index (χ4v) is 3.69. The van der Waals surface area contributed by atoms with Gasteiger partial charge < -0.3 is 15.2 Å². The lowest BCUT2D eigenvalue weighted by Crippen LogP contribution is -2.27. The van der Waals surface area contributed by atoms with Crippen molar-refractivity contribution in [3.05, 3.63) is 29.2 Å². The molecule has 0 radical (unpaired) electrons. The lowest BCUT2D eigenvalue weighted by atomic mass is 9.95. The van der Waals surface area contributed by atoms with Crippen molar-refractivity contribution >= 4 is 21.9 Å². The van der Waals surface area contributed by atoms with E-state index in [1.807, 2.05) is 33.8 Å². The summed E-state index contributed by atoms with van der Waals surface area (Å²) in [7, 11) is -1.99. The molecule has 0 bridgehead atoms. The second-order valence-electron chi connectivity index (χ2n) is 8.11. The van der Waals surface area contributed by atoms with Crippen molar-refractivity contribution in [2.45, 2.75) is 52.5 Å². The van der Waals surface area contributed by atoms with Crippen LogP contribution >= 0.6 is 0 Å². The molecule has 3 N–H and O–H groups in total. The minimum Gasteiger partial charge on any atom is -0.481 e. The highest BCUT2D eigenvalue weighted by molar-refractivity contribution is 7.91. The average Bonchev–Trinajstić information content (AvgIpc) is 2.65. The first-order valence-corrected chi connectivity index (χ1v) is 12.0. The summed E-state index contributed by atoms with van der Waals surface area (Å²) in [5, 5.41) is 12.8. The number of anilines is 2. The van der Waals surface area contributed by atoms with E-state index in [4.69, 9.17) is 4.74 Å². The van der Waals surface area contributed by atoms with E-state index in [0.717, 1.165) is 17.4 Å². The van der Waals surface area contributed by atoms with Crippen LogP contribution in [-0.4, -0.2) is 59.5 Å². The molecule has 0 aliphatic rings. The van der Waals surface area contributed by atoms with E-state index in [-0.39, 0.29) is 30.5 Å². The summed E-state index contributed by atoms with van der Waals surface area (Å²) >= 11 is 0. The van der Waals surface area contributed by atoms with Gasteiger partial charge in [-0.15, -0.1) is 0 Å². The molecule has 11 heteroatoms. The van der Waals surface area contributed by atoms with Crippen molar-refractivity contribution in [1.29, 1.82) is 0 Å². The Morgan fingerprint density at radius 2 is 1.84 bits per heavy atom. The third-order valence-corrected chi connectivity index (χ3v) is 5.18. The number of aliphatic hydroxyl groups is 1. The molecule has 0 saturated heterocycles. The van der Waals surface area contributed by atoms with Gasteiger partial charge in [0.2, 0.25) is 27.8 Å². The van der Waals surface area contributed by atoms with Crippen LogP contribution in [0.4, 0.5) is 11.9 Å². The van der Waals surface area contributed by atoms with Crippen LogP contribution in [0.2, 0.25) is 0 Å². The lowest BCUT2D eigenvalue weighted by Gasteiger charge is -2.19. The molecule has 0 saturated carbocycles. The van der Waals surface area contributed by atoms with Gasteiger partial charge in [-0.2, -0.15) is 15.0 Å². The molecule has 10 nitrogen and oxygen atoms in total. The maximum absolute atomic E-state index is 11.7. The second kappa shape index (κ2) is 10.7. The Labute approximate surface area is 184 Å². The molecule has 2 rings (SSSR count). The monoisotopic (exact) mass is 452 g/mol. The molecule has 0 aliphatic carbocycles. The van der Waals surface area contributed by atoms with E-state index < -0.39 is 10.0 Å². The summed E-state index contributed by atoms with van der Waals surface area (Å²) in [6, 6.07) is 1.60. The molecule has 0 fully saturated rings. The summed E-state index contributed by atoms with van der Waals surface area (Å²) in [6.45, 7) is 8.00. The van der Waals surface area contributed by atoms with Crippen LogP contribution in [0, 0.1) is 12.8 Å². The van der Waals surface area contributed by atoms with Crippen molar-refractivity contribution in [3.8, 4) is 5.88 Å². The molecule has 172 valence electrons. The van der Waals surface area contributed by atoms with Crippen LogP contribution in [-0.2, 0) is 16.4 Å². The van der Waals surface area contributed by atoms with Gasteiger partial charge in [0.15, 0.2) is 0 Å². The van der Waals surface area contributed by atoms with Gasteiger partial charge in [-0.3, -0.25) is 4.72 Å². The van der Waals surface area contributed by atoms with Gasteiger partial charge in [0.05, 0.1) is 26.0 Å². The summed E-state index contributed by atoms with van der Waals surface area (Å²) in [6.07, 6.45) is 3.95. The zero-order chi connectivity index (χ0) is 23.2. The molecule has 2 aromatic heterocycles. The molecule has 0 unspecified atom stereocenters. The first kappa shape index (κ1) is 24.7. The van der Waals surface area contributed by atoms with Crippen LogP contribution in [0.15, 0.2) is 12.3 Å².